The van der Waals surface area contributed by atoms with E-state index in [9.17, 15) is 9.59 Å². The van der Waals surface area contributed by atoms with Gasteiger partial charge in [0.05, 0.1) is 5.69 Å². The molecular weight excluding hydrogens is 330 g/mol. The molecule has 0 spiro atoms. The molecule has 0 radical (unpaired) electrons. The van der Waals surface area contributed by atoms with Gasteiger partial charge in [0.25, 0.3) is 5.91 Å². The molecule has 0 fully saturated rings. The highest BCUT2D eigenvalue weighted by atomic mass is 16.4. The van der Waals surface area contributed by atoms with Crippen molar-refractivity contribution in [1.29, 1.82) is 0 Å². The summed E-state index contributed by atoms with van der Waals surface area (Å²) in [7, 11) is 0. The number of rotatable bonds is 3. The van der Waals surface area contributed by atoms with Crippen LogP contribution in [0.15, 0.2) is 68.9 Å². The summed E-state index contributed by atoms with van der Waals surface area (Å²) in [5, 5.41) is 10.0. The SMILES string of the molecule is CC1=NN(c2ccc(C(=O)Nc3ccc4oc(=O)ccc4c3)cc2)CC1. The second-order valence-corrected chi connectivity index (χ2v) is 6.22. The van der Waals surface area contributed by atoms with Crippen LogP contribution in [0.3, 0.4) is 0 Å². The second-order valence-electron chi connectivity index (χ2n) is 6.22. The van der Waals surface area contributed by atoms with E-state index >= 15 is 0 Å². The number of benzene rings is 2. The molecule has 0 atom stereocenters. The van der Waals surface area contributed by atoms with Gasteiger partial charge in [-0.1, -0.05) is 0 Å². The van der Waals surface area contributed by atoms with Crippen molar-refractivity contribution in [2.75, 3.05) is 16.9 Å². The highest BCUT2D eigenvalue weighted by molar-refractivity contribution is 6.05. The summed E-state index contributed by atoms with van der Waals surface area (Å²) in [6.45, 7) is 2.88. The van der Waals surface area contributed by atoms with Gasteiger partial charge in [0.15, 0.2) is 0 Å². The molecule has 3 aromatic rings. The zero-order valence-corrected chi connectivity index (χ0v) is 14.2. The van der Waals surface area contributed by atoms with Crippen LogP contribution in [0.25, 0.3) is 11.0 Å². The van der Waals surface area contributed by atoms with Gasteiger partial charge in [-0.25, -0.2) is 4.79 Å². The van der Waals surface area contributed by atoms with Gasteiger partial charge in [0.1, 0.15) is 5.58 Å². The quantitative estimate of drug-likeness (QED) is 0.734. The van der Waals surface area contributed by atoms with Gasteiger partial charge < -0.3 is 9.73 Å². The zero-order chi connectivity index (χ0) is 18.1. The van der Waals surface area contributed by atoms with E-state index in [-0.39, 0.29) is 5.91 Å². The first-order chi connectivity index (χ1) is 12.6. The van der Waals surface area contributed by atoms with Gasteiger partial charge in [0.2, 0.25) is 0 Å². The Balaban J connectivity index is 1.51. The molecule has 0 saturated heterocycles. The number of carbonyl (C=O) groups is 1. The van der Waals surface area contributed by atoms with Crippen molar-refractivity contribution in [3.63, 3.8) is 0 Å². The third-order valence-electron chi connectivity index (χ3n) is 4.28. The maximum absolute atomic E-state index is 12.5. The molecule has 1 aromatic heterocycles. The molecule has 0 saturated carbocycles. The molecule has 130 valence electrons. The monoisotopic (exact) mass is 347 g/mol. The molecule has 26 heavy (non-hydrogen) atoms. The number of nitrogens with one attached hydrogen (secondary N) is 1. The third-order valence-corrected chi connectivity index (χ3v) is 4.28. The Kier molecular flexibility index (Phi) is 4.01. The van der Waals surface area contributed by atoms with Crippen molar-refractivity contribution in [3.05, 3.63) is 70.6 Å². The van der Waals surface area contributed by atoms with Crippen molar-refractivity contribution in [1.82, 2.24) is 0 Å². The van der Waals surface area contributed by atoms with Gasteiger partial charge in [-0.15, -0.1) is 0 Å². The lowest BCUT2D eigenvalue weighted by Gasteiger charge is -2.14. The number of hydrogen-bond donors (Lipinski definition) is 1. The van der Waals surface area contributed by atoms with Crippen LogP contribution in [0.1, 0.15) is 23.7 Å². The molecular formula is C20H17N3O3. The number of carbonyl (C=O) groups excluding carboxylic acids is 1. The Morgan fingerprint density at radius 1 is 1.12 bits per heavy atom. The number of nitrogens with zero attached hydrogens (tertiary/aromatic N) is 2. The molecule has 0 unspecified atom stereocenters. The fourth-order valence-corrected chi connectivity index (χ4v) is 2.90. The largest absolute Gasteiger partial charge is 0.423 e. The molecule has 4 rings (SSSR count). The van der Waals surface area contributed by atoms with Gasteiger partial charge >= 0.3 is 5.63 Å². The average Bonchev–Trinajstić information content (AvgIpc) is 3.08. The summed E-state index contributed by atoms with van der Waals surface area (Å²) in [6, 6.07) is 15.5. The summed E-state index contributed by atoms with van der Waals surface area (Å²) < 4.78 is 5.09. The lowest BCUT2D eigenvalue weighted by Crippen LogP contribution is -2.14. The molecule has 6 nitrogen and oxygen atoms in total. The number of hydrogen-bond acceptors (Lipinski definition) is 5. The first-order valence-electron chi connectivity index (χ1n) is 8.35. The van der Waals surface area contributed by atoms with Crippen LogP contribution in [-0.4, -0.2) is 18.2 Å². The van der Waals surface area contributed by atoms with Gasteiger partial charge in [-0.3, -0.25) is 9.80 Å². The standard InChI is InChI=1S/C20H17N3O3/c1-13-10-11-23(22-13)17-6-2-14(3-7-17)20(25)21-16-5-8-18-15(12-16)4-9-19(24)26-18/h2-9,12H,10-11H2,1H3,(H,21,25). The van der Waals surface area contributed by atoms with E-state index in [4.69, 9.17) is 4.42 Å². The van der Waals surface area contributed by atoms with E-state index in [1.54, 1.807) is 36.4 Å². The Morgan fingerprint density at radius 2 is 1.92 bits per heavy atom. The van der Waals surface area contributed by atoms with E-state index in [0.29, 0.717) is 16.8 Å². The molecule has 0 aliphatic carbocycles. The summed E-state index contributed by atoms with van der Waals surface area (Å²) in [6.07, 6.45) is 0.963. The molecule has 1 aliphatic rings. The van der Waals surface area contributed by atoms with E-state index in [1.165, 1.54) is 6.07 Å². The Hall–Kier alpha value is -3.41. The topological polar surface area (TPSA) is 74.9 Å². The van der Waals surface area contributed by atoms with Crippen molar-refractivity contribution < 1.29 is 9.21 Å². The van der Waals surface area contributed by atoms with Crippen molar-refractivity contribution in [3.8, 4) is 0 Å². The molecule has 1 aliphatic heterocycles. The Bertz CT molecular complexity index is 1070. The molecule has 2 aromatic carbocycles. The van der Waals surface area contributed by atoms with E-state index in [1.807, 2.05) is 24.1 Å². The van der Waals surface area contributed by atoms with Gasteiger partial charge in [-0.05, 0) is 55.5 Å². The molecule has 6 heteroatoms. The Morgan fingerprint density at radius 3 is 2.65 bits per heavy atom. The van der Waals surface area contributed by atoms with Gasteiger partial charge in [0, 0.05) is 41.4 Å². The number of amides is 1. The van der Waals surface area contributed by atoms with Gasteiger partial charge in [-0.2, -0.15) is 5.10 Å². The molecule has 2 heterocycles. The maximum atomic E-state index is 12.5. The number of fused-ring (bicyclic) bond motifs is 1. The van der Waals surface area contributed by atoms with Crippen molar-refractivity contribution in [2.24, 2.45) is 5.10 Å². The molecule has 1 N–H and O–H groups in total. The minimum atomic E-state index is -0.396. The first kappa shape index (κ1) is 16.1. The molecule has 1 amide bonds. The fraction of sp³-hybridized carbons (Fsp3) is 0.150. The van der Waals surface area contributed by atoms with Crippen LogP contribution in [0, 0.1) is 0 Å². The van der Waals surface area contributed by atoms with Crippen molar-refractivity contribution in [2.45, 2.75) is 13.3 Å². The van der Waals surface area contributed by atoms with E-state index in [2.05, 4.69) is 10.4 Å². The predicted octanol–water partition coefficient (Wildman–Crippen LogP) is 3.63. The number of anilines is 2. The summed E-state index contributed by atoms with van der Waals surface area (Å²) in [4.78, 5) is 23.7. The minimum Gasteiger partial charge on any atom is -0.423 e. The van der Waals surface area contributed by atoms with E-state index < -0.39 is 5.63 Å². The first-order valence-corrected chi connectivity index (χ1v) is 8.35. The summed E-state index contributed by atoms with van der Waals surface area (Å²) in [5.41, 5.74) is 3.37. The van der Waals surface area contributed by atoms with Crippen molar-refractivity contribution >= 4 is 34.0 Å². The number of hydrazone groups is 1. The lowest BCUT2D eigenvalue weighted by atomic mass is 10.1. The third kappa shape index (κ3) is 3.21. The Labute approximate surface area is 149 Å². The molecule has 0 bridgehead atoms. The van der Waals surface area contributed by atoms with Crippen LogP contribution in [0.5, 0.6) is 0 Å². The highest BCUT2D eigenvalue weighted by Gasteiger charge is 2.13. The van der Waals surface area contributed by atoms with Crippen LogP contribution in [0.2, 0.25) is 0 Å². The average molecular weight is 347 g/mol. The smallest absolute Gasteiger partial charge is 0.336 e. The highest BCUT2D eigenvalue weighted by Crippen LogP contribution is 2.21. The lowest BCUT2D eigenvalue weighted by molar-refractivity contribution is 0.102. The van der Waals surface area contributed by atoms with Crippen LogP contribution >= 0.6 is 0 Å². The van der Waals surface area contributed by atoms with Crippen LogP contribution in [0.4, 0.5) is 11.4 Å². The van der Waals surface area contributed by atoms with Crippen LogP contribution < -0.4 is 16.0 Å². The van der Waals surface area contributed by atoms with E-state index in [0.717, 1.165) is 29.8 Å². The summed E-state index contributed by atoms with van der Waals surface area (Å²) in [5.74, 6) is -0.200. The summed E-state index contributed by atoms with van der Waals surface area (Å²) >= 11 is 0. The van der Waals surface area contributed by atoms with Crippen LogP contribution in [-0.2, 0) is 0 Å². The predicted molar refractivity (Wildman–Crippen MR) is 102 cm³/mol. The minimum absolute atomic E-state index is 0.200. The normalized spacial score (nSPS) is 13.7. The fourth-order valence-electron chi connectivity index (χ4n) is 2.90. The maximum Gasteiger partial charge on any atom is 0.336 e. The zero-order valence-electron chi connectivity index (χ0n) is 14.2. The second kappa shape index (κ2) is 6.48.